The first kappa shape index (κ1) is 21.4. The van der Waals surface area contributed by atoms with Gasteiger partial charge in [-0.15, -0.1) is 0 Å². The van der Waals surface area contributed by atoms with Gasteiger partial charge in [0.15, 0.2) is 0 Å². The molecule has 9 nitrogen and oxygen atoms in total. The molecule has 0 atom stereocenters. The molecule has 0 aliphatic heterocycles. The van der Waals surface area contributed by atoms with Gasteiger partial charge in [-0.25, -0.2) is 19.0 Å². The van der Waals surface area contributed by atoms with Gasteiger partial charge in [-0.3, -0.25) is 18.7 Å². The summed E-state index contributed by atoms with van der Waals surface area (Å²) in [5, 5.41) is 2.43. The van der Waals surface area contributed by atoms with Crippen LogP contribution in [0.5, 0.6) is 0 Å². The summed E-state index contributed by atoms with van der Waals surface area (Å²) >= 11 is 0. The van der Waals surface area contributed by atoms with Crippen molar-refractivity contribution in [1.29, 1.82) is 0 Å². The van der Waals surface area contributed by atoms with Gasteiger partial charge in [-0.1, -0.05) is 0 Å². The maximum Gasteiger partial charge on any atom is 0.339 e. The number of amides is 1. The number of carbonyl (C=O) groups excluding carboxylic acids is 2. The van der Waals surface area contributed by atoms with E-state index >= 15 is 0 Å². The van der Waals surface area contributed by atoms with Crippen LogP contribution in [0.15, 0.2) is 39.9 Å². The number of anilines is 1. The zero-order chi connectivity index (χ0) is 23.0. The zero-order valence-corrected chi connectivity index (χ0v) is 17.6. The van der Waals surface area contributed by atoms with Gasteiger partial charge in [0, 0.05) is 24.3 Å². The van der Waals surface area contributed by atoms with E-state index in [-0.39, 0.29) is 29.1 Å². The number of ether oxygens (including phenoxy) is 1. The van der Waals surface area contributed by atoms with E-state index in [1.807, 2.05) is 0 Å². The van der Waals surface area contributed by atoms with Crippen molar-refractivity contribution in [1.82, 2.24) is 14.1 Å². The molecule has 2 heterocycles. The molecule has 1 saturated carbocycles. The number of hydrogen-bond donors (Lipinski definition) is 1. The molecule has 0 bridgehead atoms. The Labute approximate surface area is 181 Å². The van der Waals surface area contributed by atoms with Crippen LogP contribution >= 0.6 is 0 Å². The Kier molecular flexibility index (Phi) is 5.60. The Hall–Kier alpha value is -3.82. The number of aromatic nitrogens is 3. The summed E-state index contributed by atoms with van der Waals surface area (Å²) in [4.78, 5) is 55.7. The van der Waals surface area contributed by atoms with Crippen molar-refractivity contribution in [3.8, 4) is 0 Å². The van der Waals surface area contributed by atoms with E-state index in [1.54, 1.807) is 6.92 Å². The van der Waals surface area contributed by atoms with Crippen LogP contribution in [0.25, 0.3) is 11.0 Å². The average molecular weight is 440 g/mol. The predicted octanol–water partition coefficient (Wildman–Crippen LogP) is 1.93. The smallest absolute Gasteiger partial charge is 0.339 e. The second-order valence-electron chi connectivity index (χ2n) is 7.58. The molecule has 1 fully saturated rings. The number of halogens is 1. The van der Waals surface area contributed by atoms with Crippen LogP contribution in [-0.2, 0) is 23.1 Å². The summed E-state index contributed by atoms with van der Waals surface area (Å²) in [5.74, 6) is -1.64. The number of rotatable bonds is 6. The normalized spacial score (nSPS) is 13.2. The minimum Gasteiger partial charge on any atom is -0.462 e. The van der Waals surface area contributed by atoms with Crippen molar-refractivity contribution in [3.05, 3.63) is 68.2 Å². The zero-order valence-electron chi connectivity index (χ0n) is 17.6. The van der Waals surface area contributed by atoms with Crippen LogP contribution in [0.3, 0.4) is 0 Å². The number of fused-ring (bicyclic) bond motifs is 1. The molecule has 1 amide bonds. The van der Waals surface area contributed by atoms with E-state index in [1.165, 1.54) is 37.4 Å². The largest absolute Gasteiger partial charge is 0.462 e. The van der Waals surface area contributed by atoms with Gasteiger partial charge in [0.05, 0.1) is 17.6 Å². The molecule has 1 aliphatic rings. The summed E-state index contributed by atoms with van der Waals surface area (Å²) in [6.45, 7) is 1.17. The number of hydrogen-bond acceptors (Lipinski definition) is 6. The van der Waals surface area contributed by atoms with Crippen LogP contribution < -0.4 is 16.6 Å². The molecule has 166 valence electrons. The average Bonchev–Trinajstić information content (AvgIpc) is 3.61. The monoisotopic (exact) mass is 440 g/mol. The minimum atomic E-state index is -0.810. The number of esters is 1. The molecule has 0 spiro atoms. The molecule has 0 unspecified atom stereocenters. The Bertz CT molecular complexity index is 1340. The molecule has 0 radical (unpaired) electrons. The van der Waals surface area contributed by atoms with Crippen molar-refractivity contribution in [3.63, 3.8) is 0 Å². The highest BCUT2D eigenvalue weighted by molar-refractivity contribution is 6.02. The Morgan fingerprint density at radius 2 is 1.91 bits per heavy atom. The molecule has 2 aromatic heterocycles. The lowest BCUT2D eigenvalue weighted by molar-refractivity contribution is -0.116. The third kappa shape index (κ3) is 4.03. The quantitative estimate of drug-likeness (QED) is 0.586. The lowest BCUT2D eigenvalue weighted by Crippen LogP contribution is -2.42. The molecular weight excluding hydrogens is 419 g/mol. The van der Waals surface area contributed by atoms with E-state index in [2.05, 4.69) is 10.3 Å². The molecule has 1 N–H and O–H groups in total. The van der Waals surface area contributed by atoms with Crippen LogP contribution in [0.1, 0.15) is 41.7 Å². The van der Waals surface area contributed by atoms with Crippen LogP contribution in [0.2, 0.25) is 0 Å². The number of carbonyl (C=O) groups is 2. The Morgan fingerprint density at radius 1 is 1.22 bits per heavy atom. The highest BCUT2D eigenvalue weighted by Crippen LogP contribution is 2.39. The summed E-state index contributed by atoms with van der Waals surface area (Å²) < 4.78 is 20.1. The fourth-order valence-corrected chi connectivity index (χ4v) is 3.47. The van der Waals surface area contributed by atoms with Crippen molar-refractivity contribution in [2.75, 3.05) is 11.9 Å². The van der Waals surface area contributed by atoms with E-state index in [9.17, 15) is 23.6 Å². The number of benzene rings is 1. The third-order valence-corrected chi connectivity index (χ3v) is 5.24. The number of nitrogens with one attached hydrogen (secondary N) is 1. The standard InChI is InChI=1S/C22H21FN4O5/c1-3-32-21(30)15-10-16(12-4-5-12)25-19-18(15)20(29)27(22(31)26(19)2)11-17(28)24-14-8-6-13(23)7-9-14/h6-10,12H,3-5,11H2,1-2H3,(H,24,28). The fraction of sp³-hybridized carbons (Fsp3) is 0.318. The lowest BCUT2D eigenvalue weighted by atomic mass is 10.1. The first-order chi connectivity index (χ1) is 15.3. The van der Waals surface area contributed by atoms with Crippen molar-refractivity contribution < 1.29 is 18.7 Å². The molecule has 3 aromatic rings. The number of pyridine rings is 1. The summed E-state index contributed by atoms with van der Waals surface area (Å²) in [5.41, 5.74) is -0.524. The summed E-state index contributed by atoms with van der Waals surface area (Å²) in [6, 6.07) is 6.59. The van der Waals surface area contributed by atoms with Crippen molar-refractivity contribution >= 4 is 28.6 Å². The first-order valence-electron chi connectivity index (χ1n) is 10.2. The maximum atomic E-state index is 13.2. The first-order valence-corrected chi connectivity index (χ1v) is 10.2. The van der Waals surface area contributed by atoms with Crippen molar-refractivity contribution in [2.24, 2.45) is 7.05 Å². The van der Waals surface area contributed by atoms with Crippen LogP contribution in [-0.4, -0.2) is 32.6 Å². The van der Waals surface area contributed by atoms with Gasteiger partial charge in [0.1, 0.15) is 18.0 Å². The van der Waals surface area contributed by atoms with Gasteiger partial charge in [-0.2, -0.15) is 0 Å². The number of nitrogens with zero attached hydrogens (tertiary/aromatic N) is 3. The topological polar surface area (TPSA) is 112 Å². The van der Waals surface area contributed by atoms with Gasteiger partial charge < -0.3 is 10.1 Å². The van der Waals surface area contributed by atoms with Gasteiger partial charge >= 0.3 is 11.7 Å². The van der Waals surface area contributed by atoms with E-state index in [0.717, 1.165) is 22.0 Å². The second kappa shape index (κ2) is 8.37. The van der Waals surface area contributed by atoms with Crippen LogP contribution in [0.4, 0.5) is 10.1 Å². The van der Waals surface area contributed by atoms with Crippen molar-refractivity contribution in [2.45, 2.75) is 32.2 Å². The highest BCUT2D eigenvalue weighted by atomic mass is 19.1. The second-order valence-corrected chi connectivity index (χ2v) is 7.58. The molecule has 32 heavy (non-hydrogen) atoms. The van der Waals surface area contributed by atoms with E-state index in [4.69, 9.17) is 4.74 Å². The van der Waals surface area contributed by atoms with Gasteiger partial charge in [-0.05, 0) is 50.1 Å². The molecule has 4 rings (SSSR count). The van der Waals surface area contributed by atoms with E-state index < -0.39 is 35.5 Å². The highest BCUT2D eigenvalue weighted by Gasteiger charge is 2.29. The third-order valence-electron chi connectivity index (χ3n) is 5.24. The summed E-state index contributed by atoms with van der Waals surface area (Å²) in [7, 11) is 1.43. The SMILES string of the molecule is CCOC(=O)c1cc(C2CC2)nc2c1c(=O)n(CC(=O)Nc1ccc(F)cc1)c(=O)n2C. The molecular formula is C22H21FN4O5. The summed E-state index contributed by atoms with van der Waals surface area (Å²) in [6.07, 6.45) is 1.82. The lowest BCUT2D eigenvalue weighted by Gasteiger charge is -2.14. The van der Waals surface area contributed by atoms with Crippen LogP contribution in [0, 0.1) is 5.82 Å². The Morgan fingerprint density at radius 3 is 2.53 bits per heavy atom. The maximum absolute atomic E-state index is 13.2. The number of aryl methyl sites for hydroxylation is 1. The van der Waals surface area contributed by atoms with E-state index in [0.29, 0.717) is 11.4 Å². The minimum absolute atomic E-state index is 0.0204. The molecule has 1 aliphatic carbocycles. The fourth-order valence-electron chi connectivity index (χ4n) is 3.47. The predicted molar refractivity (Wildman–Crippen MR) is 114 cm³/mol. The van der Waals surface area contributed by atoms with Gasteiger partial charge in [0.2, 0.25) is 5.91 Å². The molecule has 0 saturated heterocycles. The molecule has 1 aromatic carbocycles. The molecule has 10 heteroatoms. The Balaban J connectivity index is 1.80. The van der Waals surface area contributed by atoms with Gasteiger partial charge in [0.25, 0.3) is 5.56 Å².